The van der Waals surface area contributed by atoms with Gasteiger partial charge in [-0.1, -0.05) is 6.92 Å². The molecule has 0 aliphatic carbocycles. The maximum atomic E-state index is 12.2. The first-order valence-corrected chi connectivity index (χ1v) is 6.41. The van der Waals surface area contributed by atoms with Crippen molar-refractivity contribution in [2.45, 2.75) is 20.3 Å². The summed E-state index contributed by atoms with van der Waals surface area (Å²) in [4.78, 5) is 16.3. The lowest BCUT2D eigenvalue weighted by Gasteiger charge is -2.05. The summed E-state index contributed by atoms with van der Waals surface area (Å²) in [5.41, 5.74) is 2.15. The van der Waals surface area contributed by atoms with E-state index < -0.39 is 0 Å². The molecule has 2 aromatic rings. The van der Waals surface area contributed by atoms with Crippen molar-refractivity contribution in [2.75, 3.05) is 6.61 Å². The van der Waals surface area contributed by atoms with Gasteiger partial charge >= 0.3 is 0 Å². The highest BCUT2D eigenvalue weighted by Gasteiger charge is 2.09. The van der Waals surface area contributed by atoms with Crippen molar-refractivity contribution in [3.05, 3.63) is 59.4 Å². The van der Waals surface area contributed by atoms with Gasteiger partial charge in [-0.15, -0.1) is 0 Å². The minimum atomic E-state index is -0.0189. The van der Waals surface area contributed by atoms with E-state index in [0.717, 1.165) is 17.9 Å². The molecule has 0 aliphatic heterocycles. The molecule has 19 heavy (non-hydrogen) atoms. The van der Waals surface area contributed by atoms with Crippen molar-refractivity contribution in [3.8, 4) is 5.75 Å². The Morgan fingerprint density at radius 1 is 1.11 bits per heavy atom. The summed E-state index contributed by atoms with van der Waals surface area (Å²) >= 11 is 0. The smallest absolute Gasteiger partial charge is 0.194 e. The van der Waals surface area contributed by atoms with Crippen LogP contribution in [0.3, 0.4) is 0 Å². The van der Waals surface area contributed by atoms with Gasteiger partial charge in [-0.2, -0.15) is 0 Å². The van der Waals surface area contributed by atoms with E-state index in [1.54, 1.807) is 24.4 Å². The summed E-state index contributed by atoms with van der Waals surface area (Å²) in [7, 11) is 0. The number of ketones is 1. The molecule has 1 aromatic carbocycles. The van der Waals surface area contributed by atoms with Crippen molar-refractivity contribution in [1.29, 1.82) is 0 Å². The number of hydrogen-bond donors (Lipinski definition) is 0. The first-order valence-electron chi connectivity index (χ1n) is 6.41. The molecule has 0 saturated heterocycles. The molecule has 0 N–H and O–H groups in total. The quantitative estimate of drug-likeness (QED) is 0.768. The molecule has 98 valence electrons. The summed E-state index contributed by atoms with van der Waals surface area (Å²) in [6.45, 7) is 4.64. The Kier molecular flexibility index (Phi) is 4.29. The maximum Gasteiger partial charge on any atom is 0.194 e. The third-order valence-corrected chi connectivity index (χ3v) is 2.76. The van der Waals surface area contributed by atoms with Crippen LogP contribution in [-0.2, 0) is 0 Å². The summed E-state index contributed by atoms with van der Waals surface area (Å²) in [6.07, 6.45) is 2.58. The zero-order chi connectivity index (χ0) is 13.7. The van der Waals surface area contributed by atoms with E-state index in [2.05, 4.69) is 11.9 Å². The van der Waals surface area contributed by atoms with Crippen LogP contribution in [0.2, 0.25) is 0 Å². The van der Waals surface area contributed by atoms with E-state index >= 15 is 0 Å². The molecule has 0 fully saturated rings. The van der Waals surface area contributed by atoms with Crippen LogP contribution >= 0.6 is 0 Å². The molecule has 1 aromatic heterocycles. The van der Waals surface area contributed by atoms with Gasteiger partial charge in [0, 0.05) is 23.0 Å². The van der Waals surface area contributed by atoms with Crippen LogP contribution in [0, 0.1) is 6.92 Å². The Morgan fingerprint density at radius 2 is 1.79 bits per heavy atom. The fourth-order valence-electron chi connectivity index (χ4n) is 1.69. The second kappa shape index (κ2) is 6.14. The molecular weight excluding hydrogens is 238 g/mol. The van der Waals surface area contributed by atoms with Gasteiger partial charge in [0.2, 0.25) is 0 Å². The molecule has 0 bridgehead atoms. The monoisotopic (exact) mass is 255 g/mol. The van der Waals surface area contributed by atoms with Gasteiger partial charge in [0.05, 0.1) is 6.61 Å². The molecule has 0 unspecified atom stereocenters. The van der Waals surface area contributed by atoms with Crippen molar-refractivity contribution in [3.63, 3.8) is 0 Å². The summed E-state index contributed by atoms with van der Waals surface area (Å²) in [6, 6.07) is 10.9. The van der Waals surface area contributed by atoms with Crippen molar-refractivity contribution in [2.24, 2.45) is 0 Å². The van der Waals surface area contributed by atoms with E-state index in [-0.39, 0.29) is 5.78 Å². The predicted molar refractivity (Wildman–Crippen MR) is 74.6 cm³/mol. The molecular formula is C16H17NO2. The van der Waals surface area contributed by atoms with Crippen molar-refractivity contribution >= 4 is 5.78 Å². The Morgan fingerprint density at radius 3 is 2.37 bits per heavy atom. The Bertz CT molecular complexity index is 544. The lowest BCUT2D eigenvalue weighted by atomic mass is 10.0. The number of hydrogen-bond acceptors (Lipinski definition) is 3. The molecule has 0 aliphatic rings. The molecule has 0 amide bonds. The first kappa shape index (κ1) is 13.3. The van der Waals surface area contributed by atoms with E-state index in [9.17, 15) is 4.79 Å². The van der Waals surface area contributed by atoms with Crippen LogP contribution in [0.1, 0.15) is 35.0 Å². The molecule has 0 saturated carbocycles. The predicted octanol–water partition coefficient (Wildman–Crippen LogP) is 3.41. The average Bonchev–Trinajstić information content (AvgIpc) is 2.46. The molecule has 0 radical (unpaired) electrons. The van der Waals surface area contributed by atoms with E-state index in [0.29, 0.717) is 17.7 Å². The van der Waals surface area contributed by atoms with Gasteiger partial charge < -0.3 is 4.74 Å². The number of rotatable bonds is 5. The summed E-state index contributed by atoms with van der Waals surface area (Å²) < 4.78 is 5.49. The van der Waals surface area contributed by atoms with Gasteiger partial charge in [-0.05, 0) is 49.7 Å². The fraction of sp³-hybridized carbons (Fsp3) is 0.250. The zero-order valence-electron chi connectivity index (χ0n) is 11.2. The first-order chi connectivity index (χ1) is 9.20. The minimum absolute atomic E-state index is 0.0189. The third kappa shape index (κ3) is 3.41. The summed E-state index contributed by atoms with van der Waals surface area (Å²) in [5, 5.41) is 0. The van der Waals surface area contributed by atoms with Gasteiger partial charge in [-0.25, -0.2) is 0 Å². The van der Waals surface area contributed by atoms with Crippen LogP contribution in [0.15, 0.2) is 42.6 Å². The number of aryl methyl sites for hydroxylation is 1. The highest BCUT2D eigenvalue weighted by molar-refractivity contribution is 6.08. The average molecular weight is 255 g/mol. The molecule has 2 rings (SSSR count). The standard InChI is InChI=1S/C16H17NO2/c1-3-10-19-15-8-6-13(7-9-15)16(18)14-5-4-12(2)17-11-14/h4-9,11H,3,10H2,1-2H3. The van der Waals surface area contributed by atoms with Gasteiger partial charge in [0.25, 0.3) is 0 Å². The molecule has 3 nitrogen and oxygen atoms in total. The molecule has 0 spiro atoms. The number of nitrogens with zero attached hydrogens (tertiary/aromatic N) is 1. The Hall–Kier alpha value is -2.16. The molecule has 0 atom stereocenters. The lowest BCUT2D eigenvalue weighted by molar-refractivity contribution is 0.103. The van der Waals surface area contributed by atoms with E-state index in [1.165, 1.54) is 0 Å². The van der Waals surface area contributed by atoms with Gasteiger partial charge in [0.1, 0.15) is 5.75 Å². The SMILES string of the molecule is CCCOc1ccc(C(=O)c2ccc(C)nc2)cc1. The van der Waals surface area contributed by atoms with Crippen molar-refractivity contribution in [1.82, 2.24) is 4.98 Å². The number of carbonyl (C=O) groups excluding carboxylic acids is 1. The van der Waals surface area contributed by atoms with Gasteiger partial charge in [-0.3, -0.25) is 9.78 Å². The number of aromatic nitrogens is 1. The van der Waals surface area contributed by atoms with Crippen LogP contribution in [0.25, 0.3) is 0 Å². The zero-order valence-corrected chi connectivity index (χ0v) is 11.2. The van der Waals surface area contributed by atoms with E-state index in [4.69, 9.17) is 4.74 Å². The fourth-order valence-corrected chi connectivity index (χ4v) is 1.69. The maximum absolute atomic E-state index is 12.2. The summed E-state index contributed by atoms with van der Waals surface area (Å²) in [5.74, 6) is 0.773. The second-order valence-corrected chi connectivity index (χ2v) is 4.39. The number of benzene rings is 1. The lowest BCUT2D eigenvalue weighted by Crippen LogP contribution is -2.02. The highest BCUT2D eigenvalue weighted by Crippen LogP contribution is 2.15. The number of pyridine rings is 1. The highest BCUT2D eigenvalue weighted by atomic mass is 16.5. The number of ether oxygens (including phenoxy) is 1. The second-order valence-electron chi connectivity index (χ2n) is 4.39. The number of carbonyl (C=O) groups is 1. The minimum Gasteiger partial charge on any atom is -0.494 e. The van der Waals surface area contributed by atoms with Gasteiger partial charge in [0.15, 0.2) is 5.78 Å². The Balaban J connectivity index is 2.13. The Labute approximate surface area is 113 Å². The van der Waals surface area contributed by atoms with Crippen LogP contribution in [-0.4, -0.2) is 17.4 Å². The van der Waals surface area contributed by atoms with Crippen LogP contribution < -0.4 is 4.74 Å². The van der Waals surface area contributed by atoms with Crippen LogP contribution in [0.4, 0.5) is 0 Å². The van der Waals surface area contributed by atoms with Crippen molar-refractivity contribution < 1.29 is 9.53 Å². The topological polar surface area (TPSA) is 39.2 Å². The largest absolute Gasteiger partial charge is 0.494 e. The third-order valence-electron chi connectivity index (χ3n) is 2.76. The molecule has 1 heterocycles. The normalized spacial score (nSPS) is 10.2. The van der Waals surface area contributed by atoms with E-state index in [1.807, 2.05) is 25.1 Å². The molecule has 3 heteroatoms. The van der Waals surface area contributed by atoms with Crippen LogP contribution in [0.5, 0.6) is 5.75 Å².